The molecule has 0 fully saturated rings. The Balaban J connectivity index is 1.70. The highest BCUT2D eigenvalue weighted by atomic mass is 16.5. The van der Waals surface area contributed by atoms with Crippen LogP contribution >= 0.6 is 0 Å². The van der Waals surface area contributed by atoms with Crippen LogP contribution < -0.4 is 14.8 Å². The molecule has 25 heavy (non-hydrogen) atoms. The fourth-order valence-electron chi connectivity index (χ4n) is 2.46. The van der Waals surface area contributed by atoms with E-state index >= 15 is 0 Å². The normalized spacial score (nSPS) is 10.3. The lowest BCUT2D eigenvalue weighted by Gasteiger charge is -2.11. The fraction of sp³-hybridized carbons (Fsp3) is 0.158. The molecule has 6 nitrogen and oxygen atoms in total. The second-order valence-corrected chi connectivity index (χ2v) is 5.42. The fourth-order valence-corrected chi connectivity index (χ4v) is 2.46. The molecule has 0 aliphatic carbocycles. The van der Waals surface area contributed by atoms with Gasteiger partial charge in [0.15, 0.2) is 0 Å². The summed E-state index contributed by atoms with van der Waals surface area (Å²) in [5, 5.41) is 7.15. The van der Waals surface area contributed by atoms with Crippen LogP contribution in [-0.4, -0.2) is 29.9 Å². The molecule has 1 amide bonds. The van der Waals surface area contributed by atoms with Crippen LogP contribution in [-0.2, 0) is 11.2 Å². The van der Waals surface area contributed by atoms with E-state index in [1.165, 1.54) is 0 Å². The zero-order valence-electron chi connectivity index (χ0n) is 14.1. The van der Waals surface area contributed by atoms with E-state index in [1.54, 1.807) is 43.3 Å². The van der Waals surface area contributed by atoms with E-state index in [9.17, 15) is 4.79 Å². The van der Waals surface area contributed by atoms with E-state index < -0.39 is 0 Å². The Labute approximate surface area is 146 Å². The first kappa shape index (κ1) is 16.6. The molecule has 0 aliphatic heterocycles. The first-order valence-corrected chi connectivity index (χ1v) is 7.80. The van der Waals surface area contributed by atoms with Crippen molar-refractivity contribution in [3.63, 3.8) is 0 Å². The maximum Gasteiger partial charge on any atom is 0.229 e. The van der Waals surface area contributed by atoms with Gasteiger partial charge in [0.25, 0.3) is 0 Å². The lowest BCUT2D eigenvalue weighted by atomic mass is 10.2. The Bertz CT molecular complexity index is 859. The topological polar surface area (TPSA) is 65.4 Å². The summed E-state index contributed by atoms with van der Waals surface area (Å²) in [7, 11) is 3.13. The first-order valence-electron chi connectivity index (χ1n) is 7.80. The van der Waals surface area contributed by atoms with E-state index in [4.69, 9.17) is 9.47 Å². The minimum atomic E-state index is -0.154. The first-order chi connectivity index (χ1) is 12.2. The van der Waals surface area contributed by atoms with Gasteiger partial charge in [-0.3, -0.25) is 4.79 Å². The van der Waals surface area contributed by atoms with Crippen molar-refractivity contribution < 1.29 is 14.3 Å². The number of benzene rings is 2. The molecule has 6 heteroatoms. The third kappa shape index (κ3) is 3.98. The van der Waals surface area contributed by atoms with E-state index in [-0.39, 0.29) is 12.3 Å². The summed E-state index contributed by atoms with van der Waals surface area (Å²) in [5.74, 6) is 1.07. The molecular formula is C19H19N3O3. The standard InChI is InChI=1S/C19H19N3O3/c1-24-16-8-9-18(25-2)17(11-16)21-19(23)10-14-12-20-22(13-14)15-6-4-3-5-7-15/h3-9,11-13H,10H2,1-2H3,(H,21,23). The molecule has 0 atom stereocenters. The van der Waals surface area contributed by atoms with Crippen LogP contribution in [0.15, 0.2) is 60.9 Å². The van der Waals surface area contributed by atoms with Gasteiger partial charge in [0.1, 0.15) is 11.5 Å². The van der Waals surface area contributed by atoms with Crippen LogP contribution in [0.5, 0.6) is 11.5 Å². The molecule has 0 saturated carbocycles. The molecule has 0 spiro atoms. The lowest BCUT2D eigenvalue weighted by Crippen LogP contribution is -2.14. The number of nitrogens with one attached hydrogen (secondary N) is 1. The maximum absolute atomic E-state index is 12.4. The van der Waals surface area contributed by atoms with Gasteiger partial charge in [-0.15, -0.1) is 0 Å². The number of carbonyl (C=O) groups is 1. The third-order valence-corrected chi connectivity index (χ3v) is 3.70. The van der Waals surface area contributed by atoms with Crippen molar-refractivity contribution in [2.45, 2.75) is 6.42 Å². The minimum absolute atomic E-state index is 0.154. The number of anilines is 1. The van der Waals surface area contributed by atoms with Crippen molar-refractivity contribution in [1.29, 1.82) is 0 Å². The molecule has 0 saturated heterocycles. The van der Waals surface area contributed by atoms with E-state index in [0.717, 1.165) is 11.3 Å². The monoisotopic (exact) mass is 337 g/mol. The number of ether oxygens (including phenoxy) is 2. The van der Waals surface area contributed by atoms with E-state index in [2.05, 4.69) is 10.4 Å². The Hall–Kier alpha value is -3.28. The van der Waals surface area contributed by atoms with Gasteiger partial charge >= 0.3 is 0 Å². The second-order valence-electron chi connectivity index (χ2n) is 5.42. The van der Waals surface area contributed by atoms with Crippen molar-refractivity contribution in [3.05, 3.63) is 66.5 Å². The number of carbonyl (C=O) groups excluding carboxylic acids is 1. The highest BCUT2D eigenvalue weighted by Crippen LogP contribution is 2.29. The zero-order chi connectivity index (χ0) is 17.6. The van der Waals surface area contributed by atoms with Crippen LogP contribution in [0.3, 0.4) is 0 Å². The second kappa shape index (κ2) is 7.53. The molecule has 0 bridgehead atoms. The molecule has 0 unspecified atom stereocenters. The molecule has 3 rings (SSSR count). The molecular weight excluding hydrogens is 318 g/mol. The summed E-state index contributed by atoms with van der Waals surface area (Å²) < 4.78 is 12.2. The van der Waals surface area contributed by atoms with Gasteiger partial charge < -0.3 is 14.8 Å². The average Bonchev–Trinajstić information content (AvgIpc) is 3.10. The predicted molar refractivity (Wildman–Crippen MR) is 95.4 cm³/mol. The van der Waals surface area contributed by atoms with E-state index in [0.29, 0.717) is 17.2 Å². The van der Waals surface area contributed by atoms with Gasteiger partial charge in [-0.25, -0.2) is 4.68 Å². The molecule has 128 valence electrons. The van der Waals surface area contributed by atoms with Gasteiger partial charge in [0, 0.05) is 12.3 Å². The molecule has 1 heterocycles. The largest absolute Gasteiger partial charge is 0.497 e. The van der Waals surface area contributed by atoms with Crippen molar-refractivity contribution >= 4 is 11.6 Å². The lowest BCUT2D eigenvalue weighted by molar-refractivity contribution is -0.115. The minimum Gasteiger partial charge on any atom is -0.497 e. The Morgan fingerprint density at radius 1 is 1.12 bits per heavy atom. The molecule has 2 aromatic carbocycles. The van der Waals surface area contributed by atoms with Crippen LogP contribution in [0.1, 0.15) is 5.56 Å². The molecule has 1 aromatic heterocycles. The number of hydrogen-bond acceptors (Lipinski definition) is 4. The summed E-state index contributed by atoms with van der Waals surface area (Å²) in [4.78, 5) is 12.4. The van der Waals surface area contributed by atoms with Gasteiger partial charge in [0.2, 0.25) is 5.91 Å². The van der Waals surface area contributed by atoms with Crippen LogP contribution in [0.2, 0.25) is 0 Å². The highest BCUT2D eigenvalue weighted by Gasteiger charge is 2.11. The number of nitrogens with zero attached hydrogens (tertiary/aromatic N) is 2. The van der Waals surface area contributed by atoms with Crippen LogP contribution in [0.25, 0.3) is 5.69 Å². The van der Waals surface area contributed by atoms with Gasteiger partial charge in [-0.1, -0.05) is 18.2 Å². The van der Waals surface area contributed by atoms with Gasteiger partial charge in [0.05, 0.1) is 38.2 Å². The maximum atomic E-state index is 12.4. The summed E-state index contributed by atoms with van der Waals surface area (Å²) in [6, 6.07) is 15.0. The van der Waals surface area contributed by atoms with Crippen molar-refractivity contribution in [1.82, 2.24) is 9.78 Å². The number of para-hydroxylation sites is 1. The summed E-state index contributed by atoms with van der Waals surface area (Å²) in [5.41, 5.74) is 2.34. The van der Waals surface area contributed by atoms with Crippen molar-refractivity contribution in [2.75, 3.05) is 19.5 Å². The van der Waals surface area contributed by atoms with Crippen LogP contribution in [0, 0.1) is 0 Å². The number of hydrogen-bond donors (Lipinski definition) is 1. The smallest absolute Gasteiger partial charge is 0.229 e. The molecule has 0 radical (unpaired) electrons. The van der Waals surface area contributed by atoms with Crippen molar-refractivity contribution in [2.24, 2.45) is 0 Å². The summed E-state index contributed by atoms with van der Waals surface area (Å²) in [6.07, 6.45) is 3.75. The molecule has 3 aromatic rings. The molecule has 0 aliphatic rings. The Morgan fingerprint density at radius 2 is 1.92 bits per heavy atom. The quantitative estimate of drug-likeness (QED) is 0.751. The summed E-state index contributed by atoms with van der Waals surface area (Å²) >= 11 is 0. The number of amides is 1. The van der Waals surface area contributed by atoms with Crippen LogP contribution in [0.4, 0.5) is 5.69 Å². The zero-order valence-corrected chi connectivity index (χ0v) is 14.1. The highest BCUT2D eigenvalue weighted by molar-refractivity contribution is 5.93. The van der Waals surface area contributed by atoms with E-state index in [1.807, 2.05) is 36.5 Å². The van der Waals surface area contributed by atoms with Gasteiger partial charge in [-0.05, 0) is 29.8 Å². The Morgan fingerprint density at radius 3 is 2.64 bits per heavy atom. The van der Waals surface area contributed by atoms with Crippen molar-refractivity contribution in [3.8, 4) is 17.2 Å². The number of aromatic nitrogens is 2. The number of rotatable bonds is 6. The average molecular weight is 337 g/mol. The molecule has 1 N–H and O–H groups in total. The van der Waals surface area contributed by atoms with Gasteiger partial charge in [-0.2, -0.15) is 5.10 Å². The summed E-state index contributed by atoms with van der Waals surface area (Å²) in [6.45, 7) is 0. The predicted octanol–water partition coefficient (Wildman–Crippen LogP) is 3.07. The third-order valence-electron chi connectivity index (χ3n) is 3.70. The Kier molecular flexibility index (Phi) is 4.99. The SMILES string of the molecule is COc1ccc(OC)c(NC(=O)Cc2cnn(-c3ccccc3)c2)c1. The number of methoxy groups -OCH3 is 2.